The van der Waals surface area contributed by atoms with Gasteiger partial charge in [0.15, 0.2) is 0 Å². The first-order valence-corrected chi connectivity index (χ1v) is 5.55. The Labute approximate surface area is 96.3 Å². The van der Waals surface area contributed by atoms with E-state index in [4.69, 9.17) is 5.26 Å². The van der Waals surface area contributed by atoms with Crippen LogP contribution in [0.15, 0.2) is 0 Å². The summed E-state index contributed by atoms with van der Waals surface area (Å²) in [6.45, 7) is 4.97. The maximum absolute atomic E-state index is 11.6. The normalized spacial score (nSPS) is 13.9. The molecule has 0 radical (unpaired) electrons. The molecule has 2 atom stereocenters. The fourth-order valence-electron chi connectivity index (χ4n) is 1.49. The molecule has 0 aromatic carbocycles. The predicted molar refractivity (Wildman–Crippen MR) is 59.4 cm³/mol. The minimum atomic E-state index is -0.878. The molecule has 0 bridgehead atoms. The van der Waals surface area contributed by atoms with Crippen molar-refractivity contribution in [3.8, 4) is 6.07 Å². The number of carbonyl (C=O) groups is 1. The van der Waals surface area contributed by atoms with Gasteiger partial charge in [0.1, 0.15) is 0 Å². The Hall–Kier alpha value is -1.12. The monoisotopic (exact) mass is 228 g/mol. The Bertz CT molecular complexity index is 246. The molecule has 5 heteroatoms. The maximum Gasteiger partial charge on any atom is 0.225 e. The molecule has 2 N–H and O–H groups in total. The number of carbonyl (C=O) groups excluding carboxylic acids is 1. The molecule has 5 nitrogen and oxygen atoms in total. The molecule has 0 saturated heterocycles. The quantitative estimate of drug-likeness (QED) is 0.655. The molecule has 0 aliphatic heterocycles. The van der Waals surface area contributed by atoms with E-state index in [1.54, 1.807) is 4.90 Å². The van der Waals surface area contributed by atoms with Crippen LogP contribution in [0.25, 0.3) is 0 Å². The van der Waals surface area contributed by atoms with Crippen LogP contribution in [0.4, 0.5) is 0 Å². The van der Waals surface area contributed by atoms with Crippen LogP contribution in [0.2, 0.25) is 0 Å². The SMILES string of the molecule is CCN(CC)C(=O)CC(O)CC(O)CC#N. The van der Waals surface area contributed by atoms with Crippen molar-refractivity contribution in [2.75, 3.05) is 13.1 Å². The largest absolute Gasteiger partial charge is 0.392 e. The highest BCUT2D eigenvalue weighted by Crippen LogP contribution is 2.07. The number of hydrogen-bond acceptors (Lipinski definition) is 4. The maximum atomic E-state index is 11.6. The highest BCUT2D eigenvalue weighted by atomic mass is 16.3. The molecule has 92 valence electrons. The number of aliphatic hydroxyl groups is 2. The lowest BCUT2D eigenvalue weighted by Crippen LogP contribution is -2.33. The van der Waals surface area contributed by atoms with E-state index in [0.717, 1.165) is 0 Å². The van der Waals surface area contributed by atoms with Crippen LogP contribution in [-0.4, -0.2) is 46.3 Å². The van der Waals surface area contributed by atoms with Gasteiger partial charge in [-0.25, -0.2) is 0 Å². The number of nitrogens with zero attached hydrogens (tertiary/aromatic N) is 2. The molecule has 0 aromatic heterocycles. The van der Waals surface area contributed by atoms with Crippen molar-refractivity contribution in [3.05, 3.63) is 0 Å². The third-order valence-electron chi connectivity index (χ3n) is 2.40. The molecule has 0 spiro atoms. The first-order chi connectivity index (χ1) is 7.54. The Kier molecular flexibility index (Phi) is 7.52. The first kappa shape index (κ1) is 14.9. The summed E-state index contributed by atoms with van der Waals surface area (Å²) in [6, 6.07) is 1.81. The molecule has 0 aliphatic rings. The molecule has 16 heavy (non-hydrogen) atoms. The van der Waals surface area contributed by atoms with Gasteiger partial charge in [0.2, 0.25) is 5.91 Å². The second kappa shape index (κ2) is 8.08. The molecule has 0 aliphatic carbocycles. The summed E-state index contributed by atoms with van der Waals surface area (Å²) in [7, 11) is 0. The summed E-state index contributed by atoms with van der Waals surface area (Å²) in [6.07, 6.45) is -1.68. The molecule has 0 rings (SSSR count). The molecular formula is C11H20N2O3. The Balaban J connectivity index is 3.99. The average Bonchev–Trinajstić information content (AvgIpc) is 2.19. The van der Waals surface area contributed by atoms with E-state index in [-0.39, 0.29) is 25.2 Å². The molecule has 0 aromatic rings. The standard InChI is InChI=1S/C11H20N2O3/c1-3-13(4-2)11(16)8-10(15)7-9(14)5-6-12/h9-10,14-15H,3-5,7-8H2,1-2H3. The van der Waals surface area contributed by atoms with Crippen molar-refractivity contribution >= 4 is 5.91 Å². The number of amides is 1. The van der Waals surface area contributed by atoms with Gasteiger partial charge in [0.25, 0.3) is 0 Å². The van der Waals surface area contributed by atoms with E-state index in [1.807, 2.05) is 19.9 Å². The number of hydrogen-bond donors (Lipinski definition) is 2. The topological polar surface area (TPSA) is 84.6 Å². The van der Waals surface area contributed by atoms with Gasteiger partial charge in [0.05, 0.1) is 31.1 Å². The number of nitriles is 1. The number of aliphatic hydroxyl groups excluding tert-OH is 2. The summed E-state index contributed by atoms with van der Waals surface area (Å²) in [5, 5.41) is 27.1. The lowest BCUT2D eigenvalue weighted by Gasteiger charge is -2.21. The Morgan fingerprint density at radius 1 is 1.31 bits per heavy atom. The lowest BCUT2D eigenvalue weighted by molar-refractivity contribution is -0.133. The van der Waals surface area contributed by atoms with E-state index in [1.165, 1.54) is 0 Å². The zero-order valence-corrected chi connectivity index (χ0v) is 9.89. The third kappa shape index (κ3) is 5.69. The minimum absolute atomic E-state index is 0.00414. The van der Waals surface area contributed by atoms with Gasteiger partial charge in [-0.15, -0.1) is 0 Å². The Morgan fingerprint density at radius 3 is 2.31 bits per heavy atom. The second-order valence-corrected chi connectivity index (χ2v) is 3.68. The van der Waals surface area contributed by atoms with E-state index in [9.17, 15) is 15.0 Å². The van der Waals surface area contributed by atoms with E-state index >= 15 is 0 Å². The zero-order valence-electron chi connectivity index (χ0n) is 9.89. The van der Waals surface area contributed by atoms with Crippen LogP contribution in [0.5, 0.6) is 0 Å². The molecule has 1 amide bonds. The molecule has 0 saturated carbocycles. The van der Waals surface area contributed by atoms with Crippen LogP contribution >= 0.6 is 0 Å². The van der Waals surface area contributed by atoms with Crippen LogP contribution in [-0.2, 0) is 4.79 Å². The average molecular weight is 228 g/mol. The highest BCUT2D eigenvalue weighted by Gasteiger charge is 2.18. The summed E-state index contributed by atoms with van der Waals surface area (Å²) < 4.78 is 0. The van der Waals surface area contributed by atoms with Crippen LogP contribution in [0, 0.1) is 11.3 Å². The third-order valence-corrected chi connectivity index (χ3v) is 2.40. The van der Waals surface area contributed by atoms with Crippen molar-refractivity contribution < 1.29 is 15.0 Å². The van der Waals surface area contributed by atoms with Gasteiger partial charge in [0, 0.05) is 19.5 Å². The van der Waals surface area contributed by atoms with Gasteiger partial charge in [-0.3, -0.25) is 4.79 Å². The van der Waals surface area contributed by atoms with Crippen molar-refractivity contribution in [2.24, 2.45) is 0 Å². The van der Waals surface area contributed by atoms with E-state index in [0.29, 0.717) is 13.1 Å². The summed E-state index contributed by atoms with van der Waals surface area (Å²) in [5.74, 6) is -0.123. The smallest absolute Gasteiger partial charge is 0.225 e. The van der Waals surface area contributed by atoms with Crippen molar-refractivity contribution in [1.29, 1.82) is 5.26 Å². The summed E-state index contributed by atoms with van der Waals surface area (Å²) >= 11 is 0. The highest BCUT2D eigenvalue weighted by molar-refractivity contribution is 5.76. The van der Waals surface area contributed by atoms with Gasteiger partial charge in [-0.1, -0.05) is 0 Å². The van der Waals surface area contributed by atoms with Gasteiger partial charge in [-0.05, 0) is 13.8 Å². The van der Waals surface area contributed by atoms with Gasteiger partial charge in [-0.2, -0.15) is 5.26 Å². The summed E-state index contributed by atoms with van der Waals surface area (Å²) in [4.78, 5) is 13.2. The molecule has 0 fully saturated rings. The van der Waals surface area contributed by atoms with Gasteiger partial charge < -0.3 is 15.1 Å². The van der Waals surface area contributed by atoms with Crippen molar-refractivity contribution in [3.63, 3.8) is 0 Å². The predicted octanol–water partition coefficient (Wildman–Crippen LogP) is 0.270. The zero-order chi connectivity index (χ0) is 12.6. The molecular weight excluding hydrogens is 208 g/mol. The first-order valence-electron chi connectivity index (χ1n) is 5.55. The Morgan fingerprint density at radius 2 is 1.88 bits per heavy atom. The summed E-state index contributed by atoms with van der Waals surface area (Å²) in [5.41, 5.74) is 0. The lowest BCUT2D eigenvalue weighted by atomic mass is 10.1. The molecule has 0 heterocycles. The van der Waals surface area contributed by atoms with E-state index in [2.05, 4.69) is 0 Å². The van der Waals surface area contributed by atoms with Crippen LogP contribution in [0.3, 0.4) is 0 Å². The number of rotatable bonds is 7. The second-order valence-electron chi connectivity index (χ2n) is 3.68. The van der Waals surface area contributed by atoms with Crippen LogP contribution in [0.1, 0.15) is 33.1 Å². The van der Waals surface area contributed by atoms with Crippen molar-refractivity contribution in [2.45, 2.75) is 45.3 Å². The van der Waals surface area contributed by atoms with E-state index < -0.39 is 12.2 Å². The minimum Gasteiger partial charge on any atom is -0.392 e. The van der Waals surface area contributed by atoms with Crippen molar-refractivity contribution in [1.82, 2.24) is 4.90 Å². The van der Waals surface area contributed by atoms with Crippen LogP contribution < -0.4 is 0 Å². The fourth-order valence-corrected chi connectivity index (χ4v) is 1.49. The van der Waals surface area contributed by atoms with Gasteiger partial charge >= 0.3 is 0 Å². The molecule has 2 unspecified atom stereocenters. The fraction of sp³-hybridized carbons (Fsp3) is 0.818.